The first-order chi connectivity index (χ1) is 9.10. The normalized spacial score (nSPS) is 10.7. The van der Waals surface area contributed by atoms with Crippen molar-refractivity contribution in [3.05, 3.63) is 40.3 Å². The summed E-state index contributed by atoms with van der Waals surface area (Å²) >= 11 is 0. The molecule has 0 aliphatic heterocycles. The van der Waals surface area contributed by atoms with Gasteiger partial charge in [0.25, 0.3) is 5.56 Å². The third-order valence-electron chi connectivity index (χ3n) is 3.19. The quantitative estimate of drug-likeness (QED) is 0.915. The van der Waals surface area contributed by atoms with Crippen LogP contribution in [0.3, 0.4) is 0 Å². The van der Waals surface area contributed by atoms with E-state index in [0.29, 0.717) is 5.69 Å². The first-order valence-electron chi connectivity index (χ1n) is 6.32. The van der Waals surface area contributed by atoms with Crippen LogP contribution in [0.2, 0.25) is 0 Å². The minimum Gasteiger partial charge on any atom is -0.497 e. The summed E-state index contributed by atoms with van der Waals surface area (Å²) in [5.74, 6) is 0.759. The molecule has 0 saturated carbocycles. The molecule has 5 nitrogen and oxygen atoms in total. The van der Waals surface area contributed by atoms with Gasteiger partial charge in [0.15, 0.2) is 0 Å². The molecule has 1 aromatic carbocycles. The minimum atomic E-state index is -0.170. The summed E-state index contributed by atoms with van der Waals surface area (Å²) in [6.07, 6.45) is 0.935. The van der Waals surface area contributed by atoms with Gasteiger partial charge in [0.1, 0.15) is 11.4 Å². The lowest BCUT2D eigenvalue weighted by atomic mass is 10.3. The molecule has 0 amide bonds. The molecule has 0 unspecified atom stereocenters. The van der Waals surface area contributed by atoms with E-state index in [9.17, 15) is 4.79 Å². The summed E-state index contributed by atoms with van der Waals surface area (Å²) in [7, 11) is 1.61. The SMILES string of the molecule is CCCn1c(C)c(N)c(=O)n1-c1ccc(OC)cc1. The van der Waals surface area contributed by atoms with Gasteiger partial charge in [-0.2, -0.15) is 0 Å². The van der Waals surface area contributed by atoms with E-state index in [2.05, 4.69) is 6.92 Å². The number of nitrogens with zero attached hydrogens (tertiary/aromatic N) is 2. The van der Waals surface area contributed by atoms with Crippen LogP contribution in [0.5, 0.6) is 5.75 Å². The van der Waals surface area contributed by atoms with Crippen molar-refractivity contribution >= 4 is 5.69 Å². The van der Waals surface area contributed by atoms with E-state index in [0.717, 1.165) is 30.1 Å². The highest BCUT2D eigenvalue weighted by atomic mass is 16.5. The zero-order valence-corrected chi connectivity index (χ0v) is 11.5. The Labute approximate surface area is 112 Å². The predicted molar refractivity (Wildman–Crippen MR) is 76.0 cm³/mol. The third-order valence-corrected chi connectivity index (χ3v) is 3.19. The number of benzene rings is 1. The highest BCUT2D eigenvalue weighted by Crippen LogP contribution is 2.17. The Morgan fingerprint density at radius 3 is 2.42 bits per heavy atom. The van der Waals surface area contributed by atoms with Crippen LogP contribution in [0.15, 0.2) is 29.1 Å². The van der Waals surface area contributed by atoms with Crippen molar-refractivity contribution in [1.29, 1.82) is 0 Å². The smallest absolute Gasteiger partial charge is 0.294 e. The molecule has 0 bridgehead atoms. The maximum absolute atomic E-state index is 12.2. The molecule has 0 radical (unpaired) electrons. The molecule has 0 aliphatic carbocycles. The zero-order chi connectivity index (χ0) is 14.0. The highest BCUT2D eigenvalue weighted by molar-refractivity contribution is 5.45. The molecule has 5 heteroatoms. The van der Waals surface area contributed by atoms with Crippen molar-refractivity contribution in [2.24, 2.45) is 0 Å². The van der Waals surface area contributed by atoms with Crippen LogP contribution in [-0.2, 0) is 6.54 Å². The fourth-order valence-corrected chi connectivity index (χ4v) is 2.13. The van der Waals surface area contributed by atoms with Crippen LogP contribution in [-0.4, -0.2) is 16.5 Å². The summed E-state index contributed by atoms with van der Waals surface area (Å²) in [5.41, 5.74) is 7.59. The third kappa shape index (κ3) is 2.23. The number of hydrogen-bond acceptors (Lipinski definition) is 3. The molecular formula is C14H19N3O2. The molecule has 102 valence electrons. The standard InChI is InChI=1S/C14H19N3O2/c1-4-9-16-10(2)13(15)14(18)17(16)11-5-7-12(19-3)8-6-11/h5-8H,4,9,15H2,1-3H3. The topological polar surface area (TPSA) is 62.2 Å². The molecule has 0 aliphatic rings. The van der Waals surface area contributed by atoms with Crippen LogP contribution in [0.4, 0.5) is 5.69 Å². The van der Waals surface area contributed by atoms with Crippen molar-refractivity contribution in [3.63, 3.8) is 0 Å². The maximum Gasteiger partial charge on any atom is 0.294 e. The van der Waals surface area contributed by atoms with Gasteiger partial charge in [-0.3, -0.25) is 9.48 Å². The van der Waals surface area contributed by atoms with Gasteiger partial charge in [-0.05, 0) is 37.6 Å². The summed E-state index contributed by atoms with van der Waals surface area (Å²) < 4.78 is 8.66. The van der Waals surface area contributed by atoms with E-state index in [1.165, 1.54) is 0 Å². The Hall–Kier alpha value is -2.17. The van der Waals surface area contributed by atoms with Gasteiger partial charge in [0.05, 0.1) is 18.5 Å². The van der Waals surface area contributed by atoms with Gasteiger partial charge in [0, 0.05) is 6.54 Å². The Bertz CT molecular complexity index is 623. The van der Waals surface area contributed by atoms with Gasteiger partial charge in [0.2, 0.25) is 0 Å². The van der Waals surface area contributed by atoms with Crippen molar-refractivity contribution in [2.75, 3.05) is 12.8 Å². The van der Waals surface area contributed by atoms with Crippen molar-refractivity contribution in [3.8, 4) is 11.4 Å². The lowest BCUT2D eigenvalue weighted by Crippen LogP contribution is -2.22. The van der Waals surface area contributed by atoms with Crippen LogP contribution in [0.1, 0.15) is 19.0 Å². The van der Waals surface area contributed by atoms with Gasteiger partial charge >= 0.3 is 0 Å². The molecule has 1 heterocycles. The summed E-state index contributed by atoms with van der Waals surface area (Å²) in [6, 6.07) is 7.36. The Kier molecular flexibility index (Phi) is 3.64. The molecule has 2 N–H and O–H groups in total. The van der Waals surface area contributed by atoms with Gasteiger partial charge in [-0.15, -0.1) is 0 Å². The van der Waals surface area contributed by atoms with Gasteiger partial charge in [-0.1, -0.05) is 6.92 Å². The van der Waals surface area contributed by atoms with E-state index in [1.807, 2.05) is 35.9 Å². The Balaban J connectivity index is 2.59. The molecule has 0 saturated heterocycles. The molecule has 0 fully saturated rings. The van der Waals surface area contributed by atoms with Crippen molar-refractivity contribution in [1.82, 2.24) is 9.36 Å². The van der Waals surface area contributed by atoms with Crippen molar-refractivity contribution < 1.29 is 4.74 Å². The van der Waals surface area contributed by atoms with E-state index >= 15 is 0 Å². The number of hydrogen-bond donors (Lipinski definition) is 1. The van der Waals surface area contributed by atoms with E-state index in [1.54, 1.807) is 11.8 Å². The lowest BCUT2D eigenvalue weighted by molar-refractivity contribution is 0.414. The molecule has 1 aromatic heterocycles. The number of methoxy groups -OCH3 is 1. The van der Waals surface area contributed by atoms with Crippen LogP contribution in [0.25, 0.3) is 5.69 Å². The Morgan fingerprint density at radius 1 is 1.26 bits per heavy atom. The van der Waals surface area contributed by atoms with Gasteiger partial charge < -0.3 is 10.5 Å². The average molecular weight is 261 g/mol. The number of rotatable bonds is 4. The lowest BCUT2D eigenvalue weighted by Gasteiger charge is -2.12. The number of nitrogens with two attached hydrogens (primary N) is 1. The average Bonchev–Trinajstić information content (AvgIpc) is 2.64. The summed E-state index contributed by atoms with van der Waals surface area (Å²) in [4.78, 5) is 12.2. The van der Waals surface area contributed by atoms with Crippen molar-refractivity contribution in [2.45, 2.75) is 26.8 Å². The summed E-state index contributed by atoms with van der Waals surface area (Å²) in [5, 5.41) is 0. The van der Waals surface area contributed by atoms with Crippen LogP contribution in [0, 0.1) is 6.92 Å². The van der Waals surface area contributed by atoms with Gasteiger partial charge in [-0.25, -0.2) is 4.68 Å². The zero-order valence-electron chi connectivity index (χ0n) is 11.5. The summed E-state index contributed by atoms with van der Waals surface area (Å²) in [6.45, 7) is 4.69. The minimum absolute atomic E-state index is 0.170. The number of aromatic nitrogens is 2. The van der Waals surface area contributed by atoms with Crippen LogP contribution >= 0.6 is 0 Å². The molecule has 19 heavy (non-hydrogen) atoms. The molecular weight excluding hydrogens is 242 g/mol. The van der Waals surface area contributed by atoms with Crippen LogP contribution < -0.4 is 16.0 Å². The second-order valence-electron chi connectivity index (χ2n) is 4.44. The second kappa shape index (κ2) is 5.22. The van der Waals surface area contributed by atoms with E-state index in [-0.39, 0.29) is 5.56 Å². The fourth-order valence-electron chi connectivity index (χ4n) is 2.13. The first-order valence-corrected chi connectivity index (χ1v) is 6.32. The van der Waals surface area contributed by atoms with E-state index < -0.39 is 0 Å². The van der Waals surface area contributed by atoms with E-state index in [4.69, 9.17) is 10.5 Å². The number of anilines is 1. The molecule has 0 spiro atoms. The largest absolute Gasteiger partial charge is 0.497 e. The fraction of sp³-hybridized carbons (Fsp3) is 0.357. The highest BCUT2D eigenvalue weighted by Gasteiger charge is 2.15. The molecule has 2 rings (SSSR count). The first kappa shape index (κ1) is 13.3. The second-order valence-corrected chi connectivity index (χ2v) is 4.44. The number of nitrogen functional groups attached to an aromatic ring is 1. The Morgan fingerprint density at radius 2 is 1.89 bits per heavy atom. The number of ether oxygens (including phenoxy) is 1. The predicted octanol–water partition coefficient (Wildman–Crippen LogP) is 1.95. The maximum atomic E-state index is 12.2. The molecule has 0 atom stereocenters. The molecule has 2 aromatic rings. The monoisotopic (exact) mass is 261 g/mol.